The second-order valence-electron chi connectivity index (χ2n) is 8.12. The van der Waals surface area contributed by atoms with Crippen molar-refractivity contribution in [3.8, 4) is 5.75 Å². The zero-order chi connectivity index (χ0) is 20.9. The molecule has 2 aromatic carbocycles. The van der Waals surface area contributed by atoms with Gasteiger partial charge in [0.2, 0.25) is 0 Å². The van der Waals surface area contributed by atoms with E-state index in [9.17, 15) is 4.79 Å². The van der Waals surface area contributed by atoms with E-state index < -0.39 is 6.10 Å². The van der Waals surface area contributed by atoms with Crippen LogP contribution in [0.4, 0.5) is 0 Å². The molecule has 0 radical (unpaired) electrons. The van der Waals surface area contributed by atoms with Crippen LogP contribution in [0, 0.1) is 0 Å². The second kappa shape index (κ2) is 8.90. The van der Waals surface area contributed by atoms with Crippen LogP contribution in [0.5, 0.6) is 5.75 Å². The Balaban J connectivity index is 1.60. The van der Waals surface area contributed by atoms with Crippen molar-refractivity contribution in [1.29, 1.82) is 0 Å². The van der Waals surface area contributed by atoms with Gasteiger partial charge in [0.1, 0.15) is 18.4 Å². The number of hydrogen-bond acceptors (Lipinski definition) is 4. The summed E-state index contributed by atoms with van der Waals surface area (Å²) in [6.07, 6.45) is 2.60. The third-order valence-corrected chi connectivity index (χ3v) is 4.75. The van der Waals surface area contributed by atoms with Crippen LogP contribution in [0.2, 0.25) is 0 Å². The van der Waals surface area contributed by atoms with E-state index in [2.05, 4.69) is 42.2 Å². The molecule has 1 atom stereocenters. The number of amides is 1. The van der Waals surface area contributed by atoms with Gasteiger partial charge in [0, 0.05) is 6.54 Å². The van der Waals surface area contributed by atoms with E-state index in [4.69, 9.17) is 4.74 Å². The number of nitrogens with one attached hydrogen (secondary N) is 1. The smallest absolute Gasteiger partial charge is 0.261 e. The molecular formula is C23H28N4O2. The van der Waals surface area contributed by atoms with Gasteiger partial charge in [-0.3, -0.25) is 4.79 Å². The van der Waals surface area contributed by atoms with Crippen molar-refractivity contribution in [2.45, 2.75) is 52.3 Å². The average Bonchev–Trinajstić information content (AvgIpc) is 3.19. The van der Waals surface area contributed by atoms with Crippen LogP contribution in [0.1, 0.15) is 44.4 Å². The minimum atomic E-state index is -0.590. The fourth-order valence-electron chi connectivity index (χ4n) is 2.99. The van der Waals surface area contributed by atoms with Crippen LogP contribution >= 0.6 is 0 Å². The number of rotatable bonds is 7. The number of nitrogens with zero attached hydrogens (tertiary/aromatic N) is 3. The first kappa shape index (κ1) is 20.6. The zero-order valence-electron chi connectivity index (χ0n) is 17.4. The topological polar surface area (TPSA) is 69.0 Å². The minimum Gasteiger partial charge on any atom is -0.481 e. The third kappa shape index (κ3) is 5.67. The molecule has 0 aliphatic rings. The molecule has 0 unspecified atom stereocenters. The van der Waals surface area contributed by atoms with E-state index in [1.54, 1.807) is 17.9 Å². The normalized spacial score (nSPS) is 12.4. The number of benzene rings is 2. The van der Waals surface area contributed by atoms with Gasteiger partial charge in [-0.05, 0) is 41.2 Å². The van der Waals surface area contributed by atoms with Crippen LogP contribution < -0.4 is 10.1 Å². The number of hydrogen-bond donors (Lipinski definition) is 1. The highest BCUT2D eigenvalue weighted by molar-refractivity contribution is 5.80. The molecule has 6 heteroatoms. The Morgan fingerprint density at radius 2 is 1.90 bits per heavy atom. The first-order chi connectivity index (χ1) is 13.8. The Morgan fingerprint density at radius 3 is 2.59 bits per heavy atom. The Bertz CT molecular complexity index is 946. The van der Waals surface area contributed by atoms with Gasteiger partial charge in [-0.2, -0.15) is 5.10 Å². The molecule has 0 aliphatic carbocycles. The van der Waals surface area contributed by atoms with E-state index >= 15 is 0 Å². The van der Waals surface area contributed by atoms with Gasteiger partial charge in [0.05, 0.1) is 6.54 Å². The molecule has 1 heterocycles. The van der Waals surface area contributed by atoms with Crippen molar-refractivity contribution >= 4 is 5.91 Å². The molecule has 0 aliphatic heterocycles. The molecule has 29 heavy (non-hydrogen) atoms. The van der Waals surface area contributed by atoms with Crippen molar-refractivity contribution in [2.24, 2.45) is 0 Å². The summed E-state index contributed by atoms with van der Waals surface area (Å²) in [5.41, 5.74) is 3.33. The summed E-state index contributed by atoms with van der Waals surface area (Å²) in [5, 5.41) is 7.12. The highest BCUT2D eigenvalue weighted by Gasteiger charge is 2.18. The Labute approximate surface area is 171 Å². The minimum absolute atomic E-state index is 0.0265. The lowest BCUT2D eigenvalue weighted by atomic mass is 9.87. The van der Waals surface area contributed by atoms with E-state index in [1.165, 1.54) is 11.9 Å². The van der Waals surface area contributed by atoms with Crippen LogP contribution in [0.25, 0.3) is 0 Å². The predicted molar refractivity (Wildman–Crippen MR) is 113 cm³/mol. The predicted octanol–water partition coefficient (Wildman–Crippen LogP) is 3.71. The summed E-state index contributed by atoms with van der Waals surface area (Å²) in [5.74, 6) is 0.549. The van der Waals surface area contributed by atoms with E-state index in [-0.39, 0.29) is 11.3 Å². The number of ether oxygens (including phenoxy) is 1. The van der Waals surface area contributed by atoms with Gasteiger partial charge in [-0.1, -0.05) is 57.2 Å². The second-order valence-corrected chi connectivity index (χ2v) is 8.12. The number of aromatic nitrogens is 3. The SMILES string of the molecule is C[C@@H](Oc1cccc(C(C)(C)C)c1)C(=O)NCc1ccccc1Cn1cncn1. The van der Waals surface area contributed by atoms with Gasteiger partial charge in [0.25, 0.3) is 5.91 Å². The standard InChI is InChI=1S/C23H28N4O2/c1-17(29-21-11-7-10-20(12-21)23(2,3)4)22(28)25-13-18-8-5-6-9-19(18)14-27-16-24-15-26-27/h5-12,15-17H,13-14H2,1-4H3,(H,25,28)/t17-/m1/s1. The zero-order valence-corrected chi connectivity index (χ0v) is 17.4. The van der Waals surface area contributed by atoms with E-state index in [0.717, 1.165) is 11.1 Å². The van der Waals surface area contributed by atoms with Gasteiger partial charge in [-0.15, -0.1) is 0 Å². The fourth-order valence-corrected chi connectivity index (χ4v) is 2.99. The summed E-state index contributed by atoms with van der Waals surface area (Å²) in [4.78, 5) is 16.5. The molecule has 3 aromatic rings. The van der Waals surface area contributed by atoms with Crippen molar-refractivity contribution in [1.82, 2.24) is 20.1 Å². The Hall–Kier alpha value is -3.15. The molecule has 1 aromatic heterocycles. The van der Waals surface area contributed by atoms with Crippen LogP contribution in [-0.4, -0.2) is 26.8 Å². The molecule has 6 nitrogen and oxygen atoms in total. The summed E-state index contributed by atoms with van der Waals surface area (Å²) < 4.78 is 7.64. The maximum atomic E-state index is 12.6. The molecule has 3 rings (SSSR count). The fraction of sp³-hybridized carbons (Fsp3) is 0.348. The maximum absolute atomic E-state index is 12.6. The summed E-state index contributed by atoms with van der Waals surface area (Å²) in [6, 6.07) is 15.9. The number of carbonyl (C=O) groups is 1. The Kier molecular flexibility index (Phi) is 6.32. The van der Waals surface area contributed by atoms with Crippen molar-refractivity contribution in [3.05, 3.63) is 77.9 Å². The largest absolute Gasteiger partial charge is 0.481 e. The van der Waals surface area contributed by atoms with Crippen molar-refractivity contribution in [2.75, 3.05) is 0 Å². The van der Waals surface area contributed by atoms with E-state index in [0.29, 0.717) is 18.8 Å². The summed E-state index contributed by atoms with van der Waals surface area (Å²) in [7, 11) is 0. The average molecular weight is 393 g/mol. The van der Waals surface area contributed by atoms with E-state index in [1.807, 2.05) is 42.5 Å². The van der Waals surface area contributed by atoms with Gasteiger partial charge in [0.15, 0.2) is 6.10 Å². The summed E-state index contributed by atoms with van der Waals surface area (Å²) in [6.45, 7) is 9.26. The molecule has 0 spiro atoms. The first-order valence-corrected chi connectivity index (χ1v) is 9.77. The molecule has 152 valence electrons. The van der Waals surface area contributed by atoms with Crippen molar-refractivity contribution < 1.29 is 9.53 Å². The molecular weight excluding hydrogens is 364 g/mol. The molecule has 0 bridgehead atoms. The molecule has 1 N–H and O–H groups in total. The lowest BCUT2D eigenvalue weighted by Gasteiger charge is -2.21. The molecule has 0 fully saturated rings. The van der Waals surface area contributed by atoms with Gasteiger partial charge in [-0.25, -0.2) is 9.67 Å². The lowest BCUT2D eigenvalue weighted by molar-refractivity contribution is -0.127. The third-order valence-electron chi connectivity index (χ3n) is 4.75. The number of carbonyl (C=O) groups excluding carboxylic acids is 1. The van der Waals surface area contributed by atoms with Crippen LogP contribution in [0.15, 0.2) is 61.2 Å². The van der Waals surface area contributed by atoms with Crippen molar-refractivity contribution in [3.63, 3.8) is 0 Å². The van der Waals surface area contributed by atoms with Crippen LogP contribution in [0.3, 0.4) is 0 Å². The maximum Gasteiger partial charge on any atom is 0.261 e. The van der Waals surface area contributed by atoms with Crippen LogP contribution in [-0.2, 0) is 23.3 Å². The molecule has 0 saturated heterocycles. The van der Waals surface area contributed by atoms with Gasteiger partial charge < -0.3 is 10.1 Å². The monoisotopic (exact) mass is 392 g/mol. The molecule has 1 amide bonds. The van der Waals surface area contributed by atoms with Gasteiger partial charge >= 0.3 is 0 Å². The first-order valence-electron chi connectivity index (χ1n) is 9.77. The Morgan fingerprint density at radius 1 is 1.14 bits per heavy atom. The quantitative estimate of drug-likeness (QED) is 0.666. The highest BCUT2D eigenvalue weighted by Crippen LogP contribution is 2.26. The highest BCUT2D eigenvalue weighted by atomic mass is 16.5. The lowest BCUT2D eigenvalue weighted by Crippen LogP contribution is -2.36. The molecule has 0 saturated carbocycles. The summed E-state index contributed by atoms with van der Waals surface area (Å²) >= 11 is 0.